The first kappa shape index (κ1) is 11.3. The molecule has 86 valence electrons. The van der Waals surface area contributed by atoms with Crippen molar-refractivity contribution in [2.24, 2.45) is 10.9 Å². The van der Waals surface area contributed by atoms with Crippen LogP contribution in [0.1, 0.15) is 5.56 Å². The van der Waals surface area contributed by atoms with Crippen LogP contribution in [0.2, 0.25) is 0 Å². The molecule has 0 bridgehead atoms. The summed E-state index contributed by atoms with van der Waals surface area (Å²) >= 11 is 0. The van der Waals surface area contributed by atoms with Gasteiger partial charge in [0.25, 0.3) is 0 Å². The minimum absolute atomic E-state index is 0.258. The summed E-state index contributed by atoms with van der Waals surface area (Å²) in [6.07, 6.45) is 8.47. The van der Waals surface area contributed by atoms with Gasteiger partial charge in [0.05, 0.1) is 5.92 Å². The van der Waals surface area contributed by atoms with Crippen molar-refractivity contribution in [1.82, 2.24) is 0 Å². The first-order chi connectivity index (χ1) is 8.36. The normalized spacial score (nSPS) is 17.8. The van der Waals surface area contributed by atoms with Gasteiger partial charge in [0.15, 0.2) is 0 Å². The number of nitrogens with zero attached hydrogens (tertiary/aromatic N) is 1. The Morgan fingerprint density at radius 2 is 2.06 bits per heavy atom. The maximum Gasteiger partial charge on any atom is 0.317 e. The second kappa shape index (κ2) is 5.80. The quantitative estimate of drug-likeness (QED) is 0.744. The van der Waals surface area contributed by atoms with Crippen molar-refractivity contribution >= 4 is 12.2 Å². The van der Waals surface area contributed by atoms with Gasteiger partial charge in [-0.25, -0.2) is 0 Å². The van der Waals surface area contributed by atoms with Crippen LogP contribution in [-0.4, -0.2) is 12.2 Å². The number of carbonyl (C=O) groups excluding carboxylic acids is 1. The summed E-state index contributed by atoms with van der Waals surface area (Å²) in [6.45, 7) is 0.304. The Labute approximate surface area is 100 Å². The van der Waals surface area contributed by atoms with Crippen molar-refractivity contribution in [2.45, 2.75) is 6.61 Å². The minimum Gasteiger partial charge on any atom is -0.460 e. The lowest BCUT2D eigenvalue weighted by molar-refractivity contribution is -0.146. The fraction of sp³-hybridized carbons (Fsp3) is 0.143. The lowest BCUT2D eigenvalue weighted by atomic mass is 10.1. The standard InChI is InChI=1S/C14H13NO2/c16-14(13-7-4-9-15-10-8-13)17-11-12-5-2-1-3-6-12/h1-10,13H,11H2. The predicted molar refractivity (Wildman–Crippen MR) is 66.5 cm³/mol. The van der Waals surface area contributed by atoms with Crippen LogP contribution in [0.25, 0.3) is 0 Å². The van der Waals surface area contributed by atoms with Gasteiger partial charge in [0, 0.05) is 12.4 Å². The molecule has 2 rings (SSSR count). The van der Waals surface area contributed by atoms with Crippen LogP contribution < -0.4 is 0 Å². The summed E-state index contributed by atoms with van der Waals surface area (Å²) < 4.78 is 5.23. The van der Waals surface area contributed by atoms with Gasteiger partial charge in [-0.05, 0) is 17.7 Å². The molecule has 0 N–H and O–H groups in total. The number of esters is 1. The van der Waals surface area contributed by atoms with Crippen LogP contribution in [-0.2, 0) is 16.1 Å². The molecule has 1 aromatic carbocycles. The Morgan fingerprint density at radius 3 is 2.88 bits per heavy atom. The van der Waals surface area contributed by atoms with E-state index < -0.39 is 0 Å². The molecule has 1 aliphatic rings. The van der Waals surface area contributed by atoms with E-state index in [1.165, 1.54) is 0 Å². The SMILES string of the molecule is O=C(OCc1ccccc1)C1C=CC=NC=C1. The molecule has 0 aliphatic carbocycles. The number of hydrogen-bond donors (Lipinski definition) is 0. The van der Waals surface area contributed by atoms with Crippen molar-refractivity contribution in [3.05, 3.63) is 60.3 Å². The first-order valence-corrected chi connectivity index (χ1v) is 5.43. The van der Waals surface area contributed by atoms with Gasteiger partial charge in [0.2, 0.25) is 0 Å². The highest BCUT2D eigenvalue weighted by atomic mass is 16.5. The third kappa shape index (κ3) is 3.41. The Morgan fingerprint density at radius 1 is 1.24 bits per heavy atom. The molecule has 1 unspecified atom stereocenters. The molecule has 0 amide bonds. The fourth-order valence-corrected chi connectivity index (χ4v) is 1.46. The summed E-state index contributed by atoms with van der Waals surface area (Å²) in [4.78, 5) is 15.7. The first-order valence-electron chi connectivity index (χ1n) is 5.43. The average molecular weight is 227 g/mol. The summed E-state index contributed by atoms with van der Waals surface area (Å²) in [5.74, 6) is -0.604. The topological polar surface area (TPSA) is 38.7 Å². The molecule has 0 saturated carbocycles. The number of rotatable bonds is 3. The largest absolute Gasteiger partial charge is 0.460 e. The number of carbonyl (C=O) groups is 1. The molecule has 1 aliphatic heterocycles. The molecule has 0 saturated heterocycles. The van der Waals surface area contributed by atoms with E-state index in [2.05, 4.69) is 4.99 Å². The van der Waals surface area contributed by atoms with Crippen molar-refractivity contribution in [1.29, 1.82) is 0 Å². The second-order valence-corrected chi connectivity index (χ2v) is 3.64. The van der Waals surface area contributed by atoms with Crippen molar-refractivity contribution in [2.75, 3.05) is 0 Å². The number of benzene rings is 1. The number of allylic oxidation sites excluding steroid dienone is 1. The van der Waals surface area contributed by atoms with Gasteiger partial charge in [0.1, 0.15) is 6.61 Å². The summed E-state index contributed by atoms with van der Waals surface area (Å²) in [7, 11) is 0. The van der Waals surface area contributed by atoms with E-state index in [0.29, 0.717) is 6.61 Å². The fourth-order valence-electron chi connectivity index (χ4n) is 1.46. The molecule has 0 aromatic heterocycles. The van der Waals surface area contributed by atoms with Crippen LogP contribution in [0.4, 0.5) is 0 Å². The lowest BCUT2D eigenvalue weighted by Crippen LogP contribution is -2.13. The van der Waals surface area contributed by atoms with Gasteiger partial charge in [-0.1, -0.05) is 36.4 Å². The Hall–Kier alpha value is -2.16. The average Bonchev–Trinajstić information content (AvgIpc) is 2.66. The van der Waals surface area contributed by atoms with Crippen LogP contribution in [0.3, 0.4) is 0 Å². The van der Waals surface area contributed by atoms with E-state index in [9.17, 15) is 4.79 Å². The zero-order chi connectivity index (χ0) is 11.9. The highest BCUT2D eigenvalue weighted by molar-refractivity contribution is 5.80. The number of ether oxygens (including phenoxy) is 1. The summed E-state index contributed by atoms with van der Waals surface area (Å²) in [5.41, 5.74) is 0.985. The number of aliphatic imine (C=N–C) groups is 1. The molecular formula is C14H13NO2. The van der Waals surface area contributed by atoms with E-state index >= 15 is 0 Å². The minimum atomic E-state index is -0.346. The molecule has 1 heterocycles. The molecular weight excluding hydrogens is 214 g/mol. The van der Waals surface area contributed by atoms with E-state index in [4.69, 9.17) is 4.74 Å². The Kier molecular flexibility index (Phi) is 3.86. The molecule has 0 spiro atoms. The maximum atomic E-state index is 11.7. The van der Waals surface area contributed by atoms with E-state index in [1.807, 2.05) is 30.3 Å². The third-order valence-electron chi connectivity index (χ3n) is 2.37. The monoisotopic (exact) mass is 227 g/mol. The summed E-state index contributed by atoms with van der Waals surface area (Å²) in [6, 6.07) is 9.62. The highest BCUT2D eigenvalue weighted by Crippen LogP contribution is 2.09. The summed E-state index contributed by atoms with van der Waals surface area (Å²) in [5, 5.41) is 0. The molecule has 3 heteroatoms. The molecule has 1 aromatic rings. The van der Waals surface area contributed by atoms with Gasteiger partial charge in [-0.3, -0.25) is 9.79 Å². The zero-order valence-corrected chi connectivity index (χ0v) is 9.32. The van der Waals surface area contributed by atoms with Gasteiger partial charge in [-0.2, -0.15) is 0 Å². The maximum absolute atomic E-state index is 11.7. The zero-order valence-electron chi connectivity index (χ0n) is 9.32. The van der Waals surface area contributed by atoms with E-state index in [1.54, 1.807) is 30.6 Å². The van der Waals surface area contributed by atoms with Crippen LogP contribution in [0, 0.1) is 5.92 Å². The smallest absolute Gasteiger partial charge is 0.317 e. The lowest BCUT2D eigenvalue weighted by Gasteiger charge is -2.08. The van der Waals surface area contributed by atoms with Gasteiger partial charge < -0.3 is 4.74 Å². The molecule has 0 fully saturated rings. The predicted octanol–water partition coefficient (Wildman–Crippen LogP) is 2.50. The molecule has 17 heavy (non-hydrogen) atoms. The number of hydrogen-bond acceptors (Lipinski definition) is 3. The molecule has 3 nitrogen and oxygen atoms in total. The van der Waals surface area contributed by atoms with Crippen molar-refractivity contribution < 1.29 is 9.53 Å². The van der Waals surface area contributed by atoms with Crippen LogP contribution in [0.5, 0.6) is 0 Å². The van der Waals surface area contributed by atoms with Gasteiger partial charge >= 0.3 is 5.97 Å². The van der Waals surface area contributed by atoms with Crippen molar-refractivity contribution in [3.63, 3.8) is 0 Å². The van der Waals surface area contributed by atoms with Crippen LogP contribution >= 0.6 is 0 Å². The Balaban J connectivity index is 1.89. The van der Waals surface area contributed by atoms with Gasteiger partial charge in [-0.15, -0.1) is 0 Å². The van der Waals surface area contributed by atoms with Crippen LogP contribution in [0.15, 0.2) is 59.8 Å². The highest BCUT2D eigenvalue weighted by Gasteiger charge is 2.14. The Bertz CT molecular complexity index is 444. The van der Waals surface area contributed by atoms with E-state index in [-0.39, 0.29) is 11.9 Å². The van der Waals surface area contributed by atoms with E-state index in [0.717, 1.165) is 5.56 Å². The third-order valence-corrected chi connectivity index (χ3v) is 2.37. The molecule has 0 radical (unpaired) electrons. The molecule has 1 atom stereocenters. The second-order valence-electron chi connectivity index (χ2n) is 3.64. The van der Waals surface area contributed by atoms with Crippen molar-refractivity contribution in [3.8, 4) is 0 Å².